The highest BCUT2D eigenvalue weighted by Crippen LogP contribution is 2.59. The van der Waals surface area contributed by atoms with Crippen LogP contribution < -0.4 is 4.90 Å². The molecule has 0 fully saturated rings. The highest BCUT2D eigenvalue weighted by molar-refractivity contribution is 6.42. The van der Waals surface area contributed by atoms with Crippen LogP contribution in [0.25, 0.3) is 0 Å². The molecule has 2 aliphatic carbocycles. The number of rotatable bonds is 3. The molecule has 6 rings (SSSR count). The average molecular weight is 466 g/mol. The van der Waals surface area contributed by atoms with Crippen molar-refractivity contribution in [1.29, 1.82) is 0 Å². The van der Waals surface area contributed by atoms with Crippen molar-refractivity contribution >= 4 is 34.9 Å². The van der Waals surface area contributed by atoms with Crippen LogP contribution in [0.3, 0.4) is 0 Å². The van der Waals surface area contributed by atoms with Gasteiger partial charge in [0.25, 0.3) is 0 Å². The standard InChI is InChI=1S/C27H25Cl2NO2/c1-2-32-27(31)16-12-21-17-7-3-6-15(17)14-30-25(20-10-5-11-23(28)24(20)29)19-9-4-8-18(19)22(13-16)26(21)30/h3-5,7-8,10-13,15,17-19,25H,2,6,9,14H2,1H3. The largest absolute Gasteiger partial charge is 0.462 e. The molecule has 164 valence electrons. The molecular formula is C27H25Cl2NO2. The van der Waals surface area contributed by atoms with E-state index in [2.05, 4.69) is 47.4 Å². The van der Waals surface area contributed by atoms with Crippen LogP contribution in [0.2, 0.25) is 10.0 Å². The van der Waals surface area contributed by atoms with Crippen molar-refractivity contribution in [2.75, 3.05) is 18.1 Å². The molecule has 0 spiro atoms. The Morgan fingerprint density at radius 3 is 2.62 bits per heavy atom. The van der Waals surface area contributed by atoms with E-state index in [0.717, 1.165) is 24.9 Å². The molecular weight excluding hydrogens is 441 g/mol. The van der Waals surface area contributed by atoms with Crippen molar-refractivity contribution in [3.63, 3.8) is 0 Å². The van der Waals surface area contributed by atoms with Gasteiger partial charge in [-0.2, -0.15) is 0 Å². The van der Waals surface area contributed by atoms with Gasteiger partial charge in [0.2, 0.25) is 0 Å². The number of hydrogen-bond acceptors (Lipinski definition) is 3. The Kier molecular flexibility index (Phi) is 4.89. The van der Waals surface area contributed by atoms with Gasteiger partial charge < -0.3 is 9.64 Å². The van der Waals surface area contributed by atoms with E-state index < -0.39 is 0 Å². The highest BCUT2D eigenvalue weighted by atomic mass is 35.5. The van der Waals surface area contributed by atoms with Crippen LogP contribution in [-0.2, 0) is 4.74 Å². The van der Waals surface area contributed by atoms with Crippen LogP contribution in [0, 0.1) is 11.8 Å². The first-order valence-electron chi connectivity index (χ1n) is 11.5. The van der Waals surface area contributed by atoms with Crippen molar-refractivity contribution in [2.24, 2.45) is 11.8 Å². The first-order chi connectivity index (χ1) is 15.6. The Morgan fingerprint density at radius 2 is 1.81 bits per heavy atom. The lowest BCUT2D eigenvalue weighted by atomic mass is 9.70. The molecule has 2 heterocycles. The lowest BCUT2D eigenvalue weighted by Crippen LogP contribution is -2.46. The SMILES string of the molecule is CCOC(=O)c1cc2c3c(c1)C1C=CCC1C(c1cccc(Cl)c1Cl)N3CC1CC=CC21. The second-order valence-electron chi connectivity index (χ2n) is 9.27. The minimum Gasteiger partial charge on any atom is -0.462 e. The minimum absolute atomic E-state index is 0.155. The predicted molar refractivity (Wildman–Crippen MR) is 129 cm³/mol. The molecule has 0 aromatic heterocycles. The molecule has 2 aromatic rings. The van der Waals surface area contributed by atoms with E-state index in [-0.39, 0.29) is 17.9 Å². The van der Waals surface area contributed by atoms with Gasteiger partial charge in [-0.05, 0) is 66.5 Å². The summed E-state index contributed by atoms with van der Waals surface area (Å²) in [5, 5.41) is 1.26. The highest BCUT2D eigenvalue weighted by Gasteiger charge is 2.48. The third-order valence-electron chi connectivity index (χ3n) is 7.66. The molecule has 0 bridgehead atoms. The molecule has 0 amide bonds. The fourth-order valence-electron chi connectivity index (χ4n) is 6.41. The van der Waals surface area contributed by atoms with Gasteiger partial charge in [0.1, 0.15) is 0 Å². The fourth-order valence-corrected chi connectivity index (χ4v) is 6.83. The monoisotopic (exact) mass is 465 g/mol. The topological polar surface area (TPSA) is 29.5 Å². The summed E-state index contributed by atoms with van der Waals surface area (Å²) in [7, 11) is 0. The second kappa shape index (κ2) is 7.67. The molecule has 3 nitrogen and oxygen atoms in total. The zero-order chi connectivity index (χ0) is 22.0. The molecule has 5 atom stereocenters. The third-order valence-corrected chi connectivity index (χ3v) is 8.49. The predicted octanol–water partition coefficient (Wildman–Crippen LogP) is 7.06. The number of ether oxygens (including phenoxy) is 1. The maximum atomic E-state index is 12.7. The van der Waals surface area contributed by atoms with Crippen LogP contribution in [0.4, 0.5) is 5.69 Å². The Morgan fingerprint density at radius 1 is 1.06 bits per heavy atom. The molecule has 32 heavy (non-hydrogen) atoms. The van der Waals surface area contributed by atoms with E-state index in [1.807, 2.05) is 19.1 Å². The quantitative estimate of drug-likeness (QED) is 0.358. The number of fused-ring (bicyclic) bond motifs is 4. The van der Waals surface area contributed by atoms with Crippen LogP contribution >= 0.6 is 23.2 Å². The molecule has 5 unspecified atom stereocenters. The summed E-state index contributed by atoms with van der Waals surface area (Å²) in [5.74, 6) is 1.21. The van der Waals surface area contributed by atoms with Gasteiger partial charge in [-0.15, -0.1) is 0 Å². The summed E-state index contributed by atoms with van der Waals surface area (Å²) in [6.07, 6.45) is 11.3. The minimum atomic E-state index is -0.235. The maximum absolute atomic E-state index is 12.7. The Labute approximate surface area is 198 Å². The van der Waals surface area contributed by atoms with Crippen molar-refractivity contribution in [3.05, 3.63) is 86.9 Å². The zero-order valence-corrected chi connectivity index (χ0v) is 19.4. The van der Waals surface area contributed by atoms with Crippen molar-refractivity contribution < 1.29 is 9.53 Å². The molecule has 5 heteroatoms. The molecule has 4 aliphatic rings. The van der Waals surface area contributed by atoms with Crippen molar-refractivity contribution in [2.45, 2.75) is 37.6 Å². The Bertz CT molecular complexity index is 1150. The molecule has 0 N–H and O–H groups in total. The Balaban J connectivity index is 1.58. The van der Waals surface area contributed by atoms with Gasteiger partial charge in [0, 0.05) is 24.1 Å². The number of carbonyl (C=O) groups is 1. The third kappa shape index (κ3) is 2.90. The Hall–Kier alpha value is -2.23. The van der Waals surface area contributed by atoms with Gasteiger partial charge in [-0.1, -0.05) is 59.6 Å². The van der Waals surface area contributed by atoms with E-state index in [1.54, 1.807) is 0 Å². The number of anilines is 1. The molecule has 2 aliphatic heterocycles. The van der Waals surface area contributed by atoms with E-state index in [1.165, 1.54) is 16.8 Å². The van der Waals surface area contributed by atoms with Crippen LogP contribution in [0.1, 0.15) is 64.7 Å². The van der Waals surface area contributed by atoms with E-state index in [9.17, 15) is 4.79 Å². The van der Waals surface area contributed by atoms with E-state index in [0.29, 0.717) is 40.0 Å². The van der Waals surface area contributed by atoms with Gasteiger partial charge in [0.05, 0.1) is 28.3 Å². The van der Waals surface area contributed by atoms with Crippen molar-refractivity contribution in [3.8, 4) is 0 Å². The summed E-state index contributed by atoms with van der Waals surface area (Å²) in [6, 6.07) is 10.3. The lowest BCUT2D eigenvalue weighted by molar-refractivity contribution is 0.0526. The fraction of sp³-hybridized carbons (Fsp3) is 0.370. The summed E-state index contributed by atoms with van der Waals surface area (Å²) in [4.78, 5) is 15.3. The number of nitrogens with zero attached hydrogens (tertiary/aromatic N) is 1. The van der Waals surface area contributed by atoms with Gasteiger partial charge in [0.15, 0.2) is 0 Å². The molecule has 0 saturated heterocycles. The van der Waals surface area contributed by atoms with E-state index in [4.69, 9.17) is 27.9 Å². The zero-order valence-electron chi connectivity index (χ0n) is 17.9. The summed E-state index contributed by atoms with van der Waals surface area (Å²) in [5.41, 5.74) is 5.54. The first kappa shape index (κ1) is 20.4. The summed E-state index contributed by atoms with van der Waals surface area (Å²) < 4.78 is 5.38. The smallest absolute Gasteiger partial charge is 0.338 e. The van der Waals surface area contributed by atoms with Gasteiger partial charge in [-0.25, -0.2) is 4.79 Å². The number of benzene rings is 2. The summed E-state index contributed by atoms with van der Waals surface area (Å²) in [6.45, 7) is 3.21. The van der Waals surface area contributed by atoms with Crippen molar-refractivity contribution in [1.82, 2.24) is 0 Å². The first-order valence-corrected chi connectivity index (χ1v) is 12.2. The number of esters is 1. The normalized spacial score (nSPS) is 29.0. The number of hydrogen-bond donors (Lipinski definition) is 0. The molecule has 2 aromatic carbocycles. The maximum Gasteiger partial charge on any atom is 0.338 e. The number of carbonyl (C=O) groups excluding carboxylic acids is 1. The molecule has 0 radical (unpaired) electrons. The van der Waals surface area contributed by atoms with E-state index >= 15 is 0 Å². The number of halogens is 2. The van der Waals surface area contributed by atoms with Crippen LogP contribution in [-0.4, -0.2) is 19.1 Å². The van der Waals surface area contributed by atoms with Crippen LogP contribution in [0.5, 0.6) is 0 Å². The molecule has 0 saturated carbocycles. The van der Waals surface area contributed by atoms with Gasteiger partial charge >= 0.3 is 5.97 Å². The number of allylic oxidation sites excluding steroid dienone is 4. The summed E-state index contributed by atoms with van der Waals surface area (Å²) >= 11 is 13.2. The average Bonchev–Trinajstić information content (AvgIpc) is 3.46. The van der Waals surface area contributed by atoms with Crippen LogP contribution in [0.15, 0.2) is 54.6 Å². The van der Waals surface area contributed by atoms with Gasteiger partial charge in [-0.3, -0.25) is 0 Å². The second-order valence-corrected chi connectivity index (χ2v) is 10.1. The lowest BCUT2D eigenvalue weighted by Gasteiger charge is -2.51.